The van der Waals surface area contributed by atoms with Crippen LogP contribution in [0.3, 0.4) is 0 Å². The minimum atomic E-state index is -0.163. The molecular formula is C17H24O5. The highest BCUT2D eigenvalue weighted by Crippen LogP contribution is 2.51. The van der Waals surface area contributed by atoms with Gasteiger partial charge in [0.25, 0.3) is 0 Å². The Balaban J connectivity index is 1.11. The van der Waals surface area contributed by atoms with Gasteiger partial charge in [-0.1, -0.05) is 0 Å². The second-order valence-electron chi connectivity index (χ2n) is 7.32. The van der Waals surface area contributed by atoms with Gasteiger partial charge in [0.05, 0.1) is 24.0 Å². The first-order valence-corrected chi connectivity index (χ1v) is 8.69. The molecule has 0 aromatic heterocycles. The standard InChI is InChI=1S/C17H24O5/c18-16(11-2-1-10-7-13(10)8-11)20-5-6-21-17(19)12-3-4-14-15(9-12)22-14/h10-15H,1-9H2/t10-,11?,12?,13-,14?,15?/m1/s1. The average molecular weight is 308 g/mol. The average Bonchev–Trinajstić information content (AvgIpc) is 3.43. The first kappa shape index (κ1) is 14.5. The summed E-state index contributed by atoms with van der Waals surface area (Å²) in [7, 11) is 0. The molecule has 5 nitrogen and oxygen atoms in total. The van der Waals surface area contributed by atoms with Crippen molar-refractivity contribution in [3.8, 4) is 0 Å². The molecule has 4 fully saturated rings. The molecule has 4 rings (SSSR count). The minimum Gasteiger partial charge on any atom is -0.462 e. The summed E-state index contributed by atoms with van der Waals surface area (Å²) in [5.41, 5.74) is 0. The lowest BCUT2D eigenvalue weighted by Gasteiger charge is -2.20. The summed E-state index contributed by atoms with van der Waals surface area (Å²) in [5, 5.41) is 0. The van der Waals surface area contributed by atoms with Gasteiger partial charge < -0.3 is 14.2 Å². The Hall–Kier alpha value is -1.10. The predicted molar refractivity (Wildman–Crippen MR) is 76.9 cm³/mol. The summed E-state index contributed by atoms with van der Waals surface area (Å²) in [6.07, 6.45) is 7.70. The monoisotopic (exact) mass is 308 g/mol. The van der Waals surface area contributed by atoms with E-state index in [2.05, 4.69) is 0 Å². The van der Waals surface area contributed by atoms with Crippen molar-refractivity contribution in [2.24, 2.45) is 23.7 Å². The van der Waals surface area contributed by atoms with Crippen LogP contribution in [0.5, 0.6) is 0 Å². The van der Waals surface area contributed by atoms with Crippen molar-refractivity contribution in [1.82, 2.24) is 0 Å². The number of rotatable bonds is 5. The Kier molecular flexibility index (Phi) is 3.84. The number of hydrogen-bond acceptors (Lipinski definition) is 5. The highest BCUT2D eigenvalue weighted by molar-refractivity contribution is 5.73. The van der Waals surface area contributed by atoms with Crippen molar-refractivity contribution in [3.05, 3.63) is 0 Å². The first-order valence-electron chi connectivity index (χ1n) is 8.69. The second kappa shape index (κ2) is 5.84. The van der Waals surface area contributed by atoms with E-state index in [0.29, 0.717) is 6.10 Å². The van der Waals surface area contributed by atoms with Crippen molar-refractivity contribution in [2.75, 3.05) is 13.2 Å². The molecule has 3 aliphatic carbocycles. The molecule has 5 heteroatoms. The minimum absolute atomic E-state index is 0.0374. The van der Waals surface area contributed by atoms with Crippen LogP contribution in [-0.4, -0.2) is 37.4 Å². The lowest BCUT2D eigenvalue weighted by Crippen LogP contribution is -2.26. The van der Waals surface area contributed by atoms with Gasteiger partial charge in [0.15, 0.2) is 0 Å². The molecule has 1 aliphatic heterocycles. The number of ether oxygens (including phenoxy) is 3. The molecule has 22 heavy (non-hydrogen) atoms. The predicted octanol–water partition coefficient (Wildman–Crippen LogP) is 2.08. The fourth-order valence-corrected chi connectivity index (χ4v) is 4.20. The van der Waals surface area contributed by atoms with Crippen LogP contribution in [0.4, 0.5) is 0 Å². The van der Waals surface area contributed by atoms with Gasteiger partial charge in [0, 0.05) is 0 Å². The molecule has 0 radical (unpaired) electrons. The third-order valence-corrected chi connectivity index (χ3v) is 5.78. The van der Waals surface area contributed by atoms with E-state index >= 15 is 0 Å². The molecule has 1 saturated heterocycles. The maximum Gasteiger partial charge on any atom is 0.309 e. The van der Waals surface area contributed by atoms with E-state index in [0.717, 1.165) is 43.9 Å². The summed E-state index contributed by atoms with van der Waals surface area (Å²) in [6.45, 7) is 0.360. The first-order chi connectivity index (χ1) is 10.7. The third-order valence-electron chi connectivity index (χ3n) is 5.78. The molecule has 0 aromatic rings. The van der Waals surface area contributed by atoms with Crippen LogP contribution in [0.25, 0.3) is 0 Å². The van der Waals surface area contributed by atoms with E-state index in [1.54, 1.807) is 0 Å². The Labute approximate surface area is 130 Å². The normalized spacial score (nSPS) is 41.8. The van der Waals surface area contributed by atoms with Gasteiger partial charge in [-0.05, 0) is 56.8 Å². The highest BCUT2D eigenvalue weighted by Gasteiger charge is 2.46. The molecule has 4 aliphatic rings. The summed E-state index contributed by atoms with van der Waals surface area (Å²) < 4.78 is 15.9. The number of carbonyl (C=O) groups excluding carboxylic acids is 2. The van der Waals surface area contributed by atoms with Crippen molar-refractivity contribution in [3.63, 3.8) is 0 Å². The molecule has 0 N–H and O–H groups in total. The Bertz CT molecular complexity index is 420. The van der Waals surface area contributed by atoms with Crippen molar-refractivity contribution < 1.29 is 23.8 Å². The summed E-state index contributed by atoms with van der Waals surface area (Å²) in [4.78, 5) is 23.9. The third kappa shape index (κ3) is 3.14. The highest BCUT2D eigenvalue weighted by atomic mass is 16.6. The number of esters is 2. The van der Waals surface area contributed by atoms with E-state index in [1.807, 2.05) is 0 Å². The summed E-state index contributed by atoms with van der Waals surface area (Å²) >= 11 is 0. The van der Waals surface area contributed by atoms with E-state index in [4.69, 9.17) is 14.2 Å². The van der Waals surface area contributed by atoms with E-state index in [-0.39, 0.29) is 43.1 Å². The van der Waals surface area contributed by atoms with Crippen LogP contribution >= 0.6 is 0 Å². The van der Waals surface area contributed by atoms with Crippen LogP contribution in [0.2, 0.25) is 0 Å². The van der Waals surface area contributed by atoms with Crippen molar-refractivity contribution >= 4 is 11.9 Å². The zero-order valence-electron chi connectivity index (χ0n) is 12.9. The number of epoxide rings is 1. The van der Waals surface area contributed by atoms with Gasteiger partial charge in [-0.25, -0.2) is 0 Å². The zero-order valence-corrected chi connectivity index (χ0v) is 12.9. The molecule has 4 unspecified atom stereocenters. The summed E-state index contributed by atoms with van der Waals surface area (Å²) in [5.74, 6) is 1.42. The number of fused-ring (bicyclic) bond motifs is 2. The topological polar surface area (TPSA) is 65.1 Å². The maximum absolute atomic E-state index is 12.0. The zero-order chi connectivity index (χ0) is 15.1. The maximum atomic E-state index is 12.0. The molecule has 3 saturated carbocycles. The van der Waals surface area contributed by atoms with E-state index in [1.165, 1.54) is 12.8 Å². The number of carbonyl (C=O) groups is 2. The Morgan fingerprint density at radius 3 is 2.14 bits per heavy atom. The van der Waals surface area contributed by atoms with Gasteiger partial charge in [-0.15, -0.1) is 0 Å². The van der Waals surface area contributed by atoms with Gasteiger partial charge >= 0.3 is 11.9 Å². The Morgan fingerprint density at radius 1 is 0.773 bits per heavy atom. The largest absolute Gasteiger partial charge is 0.462 e. The molecule has 6 atom stereocenters. The smallest absolute Gasteiger partial charge is 0.309 e. The van der Waals surface area contributed by atoms with Gasteiger partial charge in [0.1, 0.15) is 13.2 Å². The van der Waals surface area contributed by atoms with E-state index < -0.39 is 0 Å². The fraction of sp³-hybridized carbons (Fsp3) is 0.882. The molecule has 1 heterocycles. The lowest BCUT2D eigenvalue weighted by atomic mass is 9.89. The molecule has 0 spiro atoms. The number of hydrogen-bond donors (Lipinski definition) is 0. The van der Waals surface area contributed by atoms with Gasteiger partial charge in [0.2, 0.25) is 0 Å². The van der Waals surface area contributed by atoms with E-state index in [9.17, 15) is 9.59 Å². The van der Waals surface area contributed by atoms with Crippen molar-refractivity contribution in [2.45, 2.75) is 57.2 Å². The molecular weight excluding hydrogens is 284 g/mol. The Morgan fingerprint density at radius 2 is 1.45 bits per heavy atom. The van der Waals surface area contributed by atoms with Crippen LogP contribution in [0, 0.1) is 23.7 Å². The quantitative estimate of drug-likeness (QED) is 0.442. The fourth-order valence-electron chi connectivity index (χ4n) is 4.20. The van der Waals surface area contributed by atoms with Crippen molar-refractivity contribution in [1.29, 1.82) is 0 Å². The summed E-state index contributed by atoms with van der Waals surface area (Å²) in [6, 6.07) is 0. The van der Waals surface area contributed by atoms with Crippen LogP contribution in [-0.2, 0) is 23.8 Å². The second-order valence-corrected chi connectivity index (χ2v) is 7.32. The lowest BCUT2D eigenvalue weighted by molar-refractivity contribution is -0.158. The SMILES string of the molecule is O=C(OCCOC(=O)C1CC[C@@H]2C[C@@H]2C1)C1CCC2OC2C1. The molecule has 0 aromatic carbocycles. The van der Waals surface area contributed by atoms with Crippen LogP contribution in [0.1, 0.15) is 44.9 Å². The molecule has 0 amide bonds. The molecule has 0 bridgehead atoms. The van der Waals surface area contributed by atoms with Gasteiger partial charge in [-0.3, -0.25) is 9.59 Å². The molecule has 122 valence electrons. The van der Waals surface area contributed by atoms with Gasteiger partial charge in [-0.2, -0.15) is 0 Å². The van der Waals surface area contributed by atoms with Crippen LogP contribution < -0.4 is 0 Å². The van der Waals surface area contributed by atoms with Crippen LogP contribution in [0.15, 0.2) is 0 Å².